The van der Waals surface area contributed by atoms with Gasteiger partial charge in [-0.15, -0.1) is 0 Å². The zero-order valence-corrected chi connectivity index (χ0v) is 12.1. The summed E-state index contributed by atoms with van der Waals surface area (Å²) in [6.07, 6.45) is 2.14. The first-order valence-corrected chi connectivity index (χ1v) is 7.36. The summed E-state index contributed by atoms with van der Waals surface area (Å²) in [6, 6.07) is 8.27. The third kappa shape index (κ3) is 2.73. The number of aromatic nitrogens is 1. The predicted molar refractivity (Wildman–Crippen MR) is 81.8 cm³/mol. The van der Waals surface area contributed by atoms with E-state index in [9.17, 15) is 5.11 Å². The number of rotatable bonds is 4. The highest BCUT2D eigenvalue weighted by molar-refractivity contribution is 5.83. The highest BCUT2D eigenvalue weighted by atomic mass is 16.3. The third-order valence-electron chi connectivity index (χ3n) is 4.30. The van der Waals surface area contributed by atoms with Gasteiger partial charge in [0.1, 0.15) is 0 Å². The second kappa shape index (κ2) is 5.95. The minimum Gasteiger partial charge on any atom is -0.392 e. The highest BCUT2D eigenvalue weighted by Crippen LogP contribution is 2.20. The Morgan fingerprint density at radius 2 is 1.85 bits per heavy atom. The van der Waals surface area contributed by atoms with Crippen LogP contribution in [0.4, 0.5) is 0 Å². The SMILES string of the molecule is CN1CCN(CCn2ccc3cccc(CO)c32)CC1. The second-order valence-corrected chi connectivity index (χ2v) is 5.67. The van der Waals surface area contributed by atoms with E-state index in [0.717, 1.165) is 44.8 Å². The van der Waals surface area contributed by atoms with E-state index in [-0.39, 0.29) is 6.61 Å². The van der Waals surface area contributed by atoms with Gasteiger partial charge in [-0.3, -0.25) is 4.90 Å². The molecule has 0 unspecified atom stereocenters. The Kier molecular flexibility index (Phi) is 4.05. The molecule has 1 aromatic carbocycles. The number of hydrogen-bond acceptors (Lipinski definition) is 3. The van der Waals surface area contributed by atoms with Crippen molar-refractivity contribution in [2.24, 2.45) is 0 Å². The van der Waals surface area contributed by atoms with Crippen LogP contribution in [0.25, 0.3) is 10.9 Å². The first kappa shape index (κ1) is 13.6. The lowest BCUT2D eigenvalue weighted by Gasteiger charge is -2.32. The molecular formula is C16H23N3O. The number of para-hydroxylation sites is 1. The number of piperazine rings is 1. The quantitative estimate of drug-likeness (QED) is 0.913. The van der Waals surface area contributed by atoms with E-state index in [1.807, 2.05) is 12.1 Å². The fourth-order valence-electron chi connectivity index (χ4n) is 2.98. The topological polar surface area (TPSA) is 31.6 Å². The van der Waals surface area contributed by atoms with Crippen LogP contribution in [0, 0.1) is 0 Å². The zero-order chi connectivity index (χ0) is 13.9. The minimum atomic E-state index is 0.107. The van der Waals surface area contributed by atoms with Gasteiger partial charge < -0.3 is 14.6 Å². The molecule has 20 heavy (non-hydrogen) atoms. The molecule has 2 aromatic rings. The molecule has 1 aliphatic heterocycles. The molecule has 0 saturated carbocycles. The highest BCUT2D eigenvalue weighted by Gasteiger charge is 2.14. The van der Waals surface area contributed by atoms with Crippen molar-refractivity contribution in [3.05, 3.63) is 36.0 Å². The van der Waals surface area contributed by atoms with Crippen molar-refractivity contribution >= 4 is 10.9 Å². The lowest BCUT2D eigenvalue weighted by atomic mass is 10.1. The molecule has 2 heterocycles. The Bertz CT molecular complexity index is 570. The van der Waals surface area contributed by atoms with Gasteiger partial charge in [0.25, 0.3) is 0 Å². The number of likely N-dealkylation sites (N-methyl/N-ethyl adjacent to an activating group) is 1. The van der Waals surface area contributed by atoms with E-state index in [0.29, 0.717) is 0 Å². The van der Waals surface area contributed by atoms with Crippen molar-refractivity contribution < 1.29 is 5.11 Å². The van der Waals surface area contributed by atoms with Gasteiger partial charge in [-0.2, -0.15) is 0 Å². The number of benzene rings is 1. The Balaban J connectivity index is 1.71. The Morgan fingerprint density at radius 1 is 1.05 bits per heavy atom. The lowest BCUT2D eigenvalue weighted by Crippen LogP contribution is -2.45. The van der Waals surface area contributed by atoms with Gasteiger partial charge in [0.05, 0.1) is 12.1 Å². The molecular weight excluding hydrogens is 250 g/mol. The van der Waals surface area contributed by atoms with Crippen molar-refractivity contribution in [3.63, 3.8) is 0 Å². The maximum atomic E-state index is 9.50. The van der Waals surface area contributed by atoms with Crippen molar-refractivity contribution in [3.8, 4) is 0 Å². The van der Waals surface area contributed by atoms with Crippen LogP contribution < -0.4 is 0 Å². The van der Waals surface area contributed by atoms with Crippen LogP contribution in [-0.4, -0.2) is 59.2 Å². The zero-order valence-electron chi connectivity index (χ0n) is 12.1. The summed E-state index contributed by atoms with van der Waals surface area (Å²) < 4.78 is 2.28. The Labute approximate surface area is 120 Å². The number of aliphatic hydroxyl groups excluding tert-OH is 1. The second-order valence-electron chi connectivity index (χ2n) is 5.67. The molecule has 0 atom stereocenters. The first-order valence-electron chi connectivity index (χ1n) is 7.36. The number of hydrogen-bond donors (Lipinski definition) is 1. The van der Waals surface area contributed by atoms with E-state index < -0.39 is 0 Å². The van der Waals surface area contributed by atoms with Crippen LogP contribution in [0.5, 0.6) is 0 Å². The fourth-order valence-corrected chi connectivity index (χ4v) is 2.98. The summed E-state index contributed by atoms with van der Waals surface area (Å²) in [5.41, 5.74) is 2.20. The molecule has 0 spiro atoms. The van der Waals surface area contributed by atoms with Crippen LogP contribution in [-0.2, 0) is 13.2 Å². The average Bonchev–Trinajstić information content (AvgIpc) is 2.90. The molecule has 0 bridgehead atoms. The molecule has 0 radical (unpaired) electrons. The van der Waals surface area contributed by atoms with Crippen LogP contribution in [0.2, 0.25) is 0 Å². The molecule has 0 aliphatic carbocycles. The van der Waals surface area contributed by atoms with Gasteiger partial charge >= 0.3 is 0 Å². The smallest absolute Gasteiger partial charge is 0.0702 e. The molecule has 1 fully saturated rings. The van der Waals surface area contributed by atoms with Crippen molar-refractivity contribution in [1.29, 1.82) is 0 Å². The lowest BCUT2D eigenvalue weighted by molar-refractivity contribution is 0.150. The normalized spacial score (nSPS) is 17.9. The molecule has 1 N–H and O–H groups in total. The van der Waals surface area contributed by atoms with E-state index in [1.54, 1.807) is 0 Å². The van der Waals surface area contributed by atoms with Crippen molar-refractivity contribution in [2.45, 2.75) is 13.2 Å². The molecule has 4 nitrogen and oxygen atoms in total. The Hall–Kier alpha value is -1.36. The summed E-state index contributed by atoms with van der Waals surface area (Å²) in [4.78, 5) is 4.90. The van der Waals surface area contributed by atoms with Crippen molar-refractivity contribution in [2.75, 3.05) is 39.8 Å². The van der Waals surface area contributed by atoms with Crippen LogP contribution in [0.3, 0.4) is 0 Å². The van der Waals surface area contributed by atoms with Crippen LogP contribution in [0.1, 0.15) is 5.56 Å². The van der Waals surface area contributed by atoms with Gasteiger partial charge in [-0.05, 0) is 18.5 Å². The van der Waals surface area contributed by atoms with E-state index in [1.165, 1.54) is 10.9 Å². The molecule has 3 rings (SSSR count). The van der Waals surface area contributed by atoms with E-state index in [4.69, 9.17) is 0 Å². The summed E-state index contributed by atoms with van der Waals surface area (Å²) in [7, 11) is 2.18. The van der Waals surface area contributed by atoms with Gasteiger partial charge in [-0.1, -0.05) is 18.2 Å². The van der Waals surface area contributed by atoms with E-state index >= 15 is 0 Å². The minimum absolute atomic E-state index is 0.107. The molecule has 1 aromatic heterocycles. The molecule has 108 valence electrons. The summed E-state index contributed by atoms with van der Waals surface area (Å²) in [6.45, 7) is 6.81. The predicted octanol–water partition coefficient (Wildman–Crippen LogP) is 1.38. The maximum absolute atomic E-state index is 9.50. The average molecular weight is 273 g/mol. The maximum Gasteiger partial charge on any atom is 0.0702 e. The summed E-state index contributed by atoms with van der Waals surface area (Å²) >= 11 is 0. The first-order chi connectivity index (χ1) is 9.78. The van der Waals surface area contributed by atoms with Gasteiger partial charge in [-0.25, -0.2) is 0 Å². The van der Waals surface area contributed by atoms with Crippen molar-refractivity contribution in [1.82, 2.24) is 14.4 Å². The summed E-state index contributed by atoms with van der Waals surface area (Å²) in [5.74, 6) is 0. The standard InChI is InChI=1S/C16H23N3O/c1-17-7-9-18(10-8-17)11-12-19-6-5-14-3-2-4-15(13-20)16(14)19/h2-6,20H,7-13H2,1H3. The van der Waals surface area contributed by atoms with E-state index in [2.05, 4.69) is 39.7 Å². The van der Waals surface area contributed by atoms with Gasteiger partial charge in [0, 0.05) is 51.0 Å². The number of aliphatic hydroxyl groups is 1. The third-order valence-corrected chi connectivity index (χ3v) is 4.30. The molecule has 1 aliphatic rings. The monoisotopic (exact) mass is 273 g/mol. The Morgan fingerprint density at radius 3 is 2.60 bits per heavy atom. The molecule has 4 heteroatoms. The molecule has 1 saturated heterocycles. The number of fused-ring (bicyclic) bond motifs is 1. The fraction of sp³-hybridized carbons (Fsp3) is 0.500. The van der Waals surface area contributed by atoms with Gasteiger partial charge in [0.15, 0.2) is 0 Å². The molecule has 0 amide bonds. The van der Waals surface area contributed by atoms with Crippen LogP contribution in [0.15, 0.2) is 30.5 Å². The van der Waals surface area contributed by atoms with Gasteiger partial charge in [0.2, 0.25) is 0 Å². The number of nitrogens with zero attached hydrogens (tertiary/aromatic N) is 3. The van der Waals surface area contributed by atoms with Crippen LogP contribution >= 0.6 is 0 Å². The largest absolute Gasteiger partial charge is 0.392 e. The summed E-state index contributed by atoms with van der Waals surface area (Å²) in [5, 5.41) is 10.7.